The van der Waals surface area contributed by atoms with Crippen molar-refractivity contribution in [3.05, 3.63) is 21.6 Å². The first-order chi connectivity index (χ1) is 9.46. The number of methoxy groups -OCH3 is 1. The van der Waals surface area contributed by atoms with Crippen molar-refractivity contribution < 1.29 is 14.3 Å². The molecule has 1 aromatic rings. The summed E-state index contributed by atoms with van der Waals surface area (Å²) in [6.45, 7) is 0.973. The molecule has 110 valence electrons. The molecule has 2 rings (SSSR count). The van der Waals surface area contributed by atoms with Crippen molar-refractivity contribution in [2.75, 3.05) is 25.6 Å². The fraction of sp³-hybridized carbons (Fsp3) is 0.462. The van der Waals surface area contributed by atoms with E-state index in [1.165, 1.54) is 7.11 Å². The van der Waals surface area contributed by atoms with Gasteiger partial charge in [-0.05, 0) is 40.9 Å². The van der Waals surface area contributed by atoms with Crippen LogP contribution >= 0.6 is 27.5 Å². The molecule has 20 heavy (non-hydrogen) atoms. The van der Waals surface area contributed by atoms with Crippen LogP contribution in [0.3, 0.4) is 0 Å². The van der Waals surface area contributed by atoms with E-state index < -0.39 is 5.54 Å². The van der Waals surface area contributed by atoms with Crippen LogP contribution in [0.4, 0.5) is 5.69 Å². The molecule has 0 aromatic heterocycles. The fourth-order valence-electron chi connectivity index (χ4n) is 2.07. The maximum Gasteiger partial charge on any atom is 0.244 e. The van der Waals surface area contributed by atoms with Crippen molar-refractivity contribution in [1.82, 2.24) is 0 Å². The number of amides is 1. The van der Waals surface area contributed by atoms with E-state index in [2.05, 4.69) is 21.2 Å². The highest BCUT2D eigenvalue weighted by Crippen LogP contribution is 2.36. The Morgan fingerprint density at radius 2 is 2.15 bits per heavy atom. The number of nitrogens with two attached hydrogens (primary N) is 1. The van der Waals surface area contributed by atoms with Crippen molar-refractivity contribution in [2.45, 2.75) is 18.4 Å². The number of carbonyl (C=O) groups excluding carboxylic acids is 1. The van der Waals surface area contributed by atoms with Gasteiger partial charge in [-0.15, -0.1) is 0 Å². The Balaban J connectivity index is 2.23. The molecule has 1 heterocycles. The largest absolute Gasteiger partial charge is 0.493 e. The summed E-state index contributed by atoms with van der Waals surface area (Å²) in [5.41, 5.74) is 5.72. The summed E-state index contributed by atoms with van der Waals surface area (Å²) in [6.07, 6.45) is 0.978. The number of nitrogens with one attached hydrogen (secondary N) is 1. The Bertz CT molecular complexity index is 519. The van der Waals surface area contributed by atoms with Crippen molar-refractivity contribution in [1.29, 1.82) is 0 Å². The van der Waals surface area contributed by atoms with Gasteiger partial charge in [0.15, 0.2) is 5.75 Å². The van der Waals surface area contributed by atoms with Crippen LogP contribution in [0, 0.1) is 0 Å². The summed E-state index contributed by atoms with van der Waals surface area (Å²) in [7, 11) is 1.52. The molecule has 0 saturated carbocycles. The summed E-state index contributed by atoms with van der Waals surface area (Å²) >= 11 is 9.34. The van der Waals surface area contributed by atoms with Crippen molar-refractivity contribution in [3.63, 3.8) is 0 Å². The third-order valence-corrected chi connectivity index (χ3v) is 4.11. The number of halogens is 2. The Morgan fingerprint density at radius 1 is 1.50 bits per heavy atom. The maximum absolute atomic E-state index is 12.4. The van der Waals surface area contributed by atoms with Gasteiger partial charge in [0.2, 0.25) is 5.91 Å². The molecule has 5 nitrogen and oxygen atoms in total. The van der Waals surface area contributed by atoms with Crippen LogP contribution in [0.2, 0.25) is 5.02 Å². The zero-order valence-corrected chi connectivity index (χ0v) is 13.4. The topological polar surface area (TPSA) is 73.6 Å². The molecule has 0 spiro atoms. The van der Waals surface area contributed by atoms with Gasteiger partial charge in [-0.2, -0.15) is 0 Å². The highest BCUT2D eigenvalue weighted by molar-refractivity contribution is 9.10. The Hall–Kier alpha value is -0.820. The monoisotopic (exact) mass is 362 g/mol. The number of anilines is 1. The van der Waals surface area contributed by atoms with Gasteiger partial charge in [0.05, 0.1) is 17.3 Å². The zero-order chi connectivity index (χ0) is 14.8. The number of ether oxygens (including phenoxy) is 2. The molecule has 0 bridgehead atoms. The molecule has 1 saturated heterocycles. The highest BCUT2D eigenvalue weighted by atomic mass is 79.9. The summed E-state index contributed by atoms with van der Waals surface area (Å²) in [5.74, 6) is 0.256. The Kier molecular flexibility index (Phi) is 4.90. The van der Waals surface area contributed by atoms with Gasteiger partial charge >= 0.3 is 0 Å². The number of carbonyl (C=O) groups is 1. The molecular weight excluding hydrogens is 348 g/mol. The van der Waals surface area contributed by atoms with E-state index >= 15 is 0 Å². The van der Waals surface area contributed by atoms with E-state index in [0.717, 1.165) is 0 Å². The predicted molar refractivity (Wildman–Crippen MR) is 81.3 cm³/mol. The molecule has 0 unspecified atom stereocenters. The lowest BCUT2D eigenvalue weighted by atomic mass is 9.90. The normalized spacial score (nSPS) is 17.6. The second kappa shape index (κ2) is 6.30. The second-order valence-electron chi connectivity index (χ2n) is 4.69. The van der Waals surface area contributed by atoms with Gasteiger partial charge in [-0.25, -0.2) is 0 Å². The summed E-state index contributed by atoms with van der Waals surface area (Å²) in [6, 6.07) is 3.33. The van der Waals surface area contributed by atoms with E-state index in [9.17, 15) is 4.79 Å². The third kappa shape index (κ3) is 3.25. The number of rotatable bonds is 3. The van der Waals surface area contributed by atoms with Crippen molar-refractivity contribution in [2.24, 2.45) is 5.73 Å². The van der Waals surface area contributed by atoms with Gasteiger partial charge < -0.3 is 20.5 Å². The Labute approximate surface area is 130 Å². The van der Waals surface area contributed by atoms with Crippen molar-refractivity contribution >= 4 is 39.1 Å². The maximum atomic E-state index is 12.4. The van der Waals surface area contributed by atoms with Gasteiger partial charge in [-0.3, -0.25) is 4.79 Å². The average molecular weight is 364 g/mol. The summed E-state index contributed by atoms with van der Waals surface area (Å²) < 4.78 is 11.2. The van der Waals surface area contributed by atoms with Crippen LogP contribution in [0.1, 0.15) is 12.8 Å². The van der Waals surface area contributed by atoms with Crippen LogP contribution in [-0.4, -0.2) is 31.8 Å². The van der Waals surface area contributed by atoms with E-state index in [0.29, 0.717) is 47.0 Å². The fourth-order valence-corrected chi connectivity index (χ4v) is 3.04. The van der Waals surface area contributed by atoms with Crippen LogP contribution in [0.25, 0.3) is 0 Å². The standard InChI is InChI=1S/C13H16BrClN2O3/c1-19-11-9(14)6-8(15)7-10(11)17-12(18)13(16)2-4-20-5-3-13/h6-7H,2-5,16H2,1H3,(H,17,18). The Morgan fingerprint density at radius 3 is 2.75 bits per heavy atom. The van der Waals surface area contributed by atoms with E-state index in [-0.39, 0.29) is 5.91 Å². The molecule has 7 heteroatoms. The minimum absolute atomic E-state index is 0.256. The number of benzene rings is 1. The smallest absolute Gasteiger partial charge is 0.244 e. The van der Waals surface area contributed by atoms with Crippen LogP contribution in [0.15, 0.2) is 16.6 Å². The molecule has 0 atom stereocenters. The molecule has 1 fully saturated rings. The minimum Gasteiger partial charge on any atom is -0.493 e. The zero-order valence-electron chi connectivity index (χ0n) is 11.0. The summed E-state index contributed by atoms with van der Waals surface area (Å²) in [5, 5.41) is 3.29. The quantitative estimate of drug-likeness (QED) is 0.865. The van der Waals surface area contributed by atoms with Crippen LogP contribution in [-0.2, 0) is 9.53 Å². The van der Waals surface area contributed by atoms with E-state index in [4.69, 9.17) is 26.8 Å². The number of hydrogen-bond donors (Lipinski definition) is 2. The first-order valence-electron chi connectivity index (χ1n) is 6.17. The highest BCUT2D eigenvalue weighted by Gasteiger charge is 2.36. The van der Waals surface area contributed by atoms with Crippen LogP contribution in [0.5, 0.6) is 5.75 Å². The molecule has 0 radical (unpaired) electrons. The van der Waals surface area contributed by atoms with Crippen molar-refractivity contribution in [3.8, 4) is 5.75 Å². The molecular formula is C13H16BrClN2O3. The lowest BCUT2D eigenvalue weighted by Gasteiger charge is -2.32. The predicted octanol–water partition coefficient (Wildman–Crippen LogP) is 2.56. The molecule has 1 aliphatic rings. The third-order valence-electron chi connectivity index (χ3n) is 3.30. The number of hydrogen-bond acceptors (Lipinski definition) is 4. The second-order valence-corrected chi connectivity index (χ2v) is 5.98. The molecule has 1 aromatic carbocycles. The minimum atomic E-state index is -0.919. The van der Waals surface area contributed by atoms with E-state index in [1.807, 2.05) is 0 Å². The molecule has 1 amide bonds. The van der Waals surface area contributed by atoms with Gasteiger partial charge in [0.1, 0.15) is 5.54 Å². The van der Waals surface area contributed by atoms with E-state index in [1.54, 1.807) is 12.1 Å². The lowest BCUT2D eigenvalue weighted by molar-refractivity contribution is -0.124. The first kappa shape index (κ1) is 15.6. The molecule has 0 aliphatic carbocycles. The van der Waals surface area contributed by atoms with Gasteiger partial charge in [0, 0.05) is 18.2 Å². The molecule has 3 N–H and O–H groups in total. The molecule has 1 aliphatic heterocycles. The van der Waals surface area contributed by atoms with Gasteiger partial charge in [-0.1, -0.05) is 11.6 Å². The first-order valence-corrected chi connectivity index (χ1v) is 7.34. The average Bonchev–Trinajstić information content (AvgIpc) is 2.39. The van der Waals surface area contributed by atoms with Gasteiger partial charge in [0.25, 0.3) is 0 Å². The van der Waals surface area contributed by atoms with Crippen LogP contribution < -0.4 is 15.8 Å². The summed E-state index contributed by atoms with van der Waals surface area (Å²) in [4.78, 5) is 12.4. The SMILES string of the molecule is COc1c(Br)cc(Cl)cc1NC(=O)C1(N)CCOCC1. The lowest BCUT2D eigenvalue weighted by Crippen LogP contribution is -2.54.